The highest BCUT2D eigenvalue weighted by atomic mass is 35.5. The summed E-state index contributed by atoms with van der Waals surface area (Å²) in [5, 5.41) is 19.8. The number of carbonyl (C=O) groups excluding carboxylic acids is 1. The molecule has 0 spiro atoms. The van der Waals surface area contributed by atoms with Crippen LogP contribution in [-0.2, 0) is 4.79 Å². The lowest BCUT2D eigenvalue weighted by Crippen LogP contribution is -2.29. The second-order valence-corrected chi connectivity index (χ2v) is 7.22. The number of aliphatic imine (C=N–C) groups is 1. The number of halogens is 1. The van der Waals surface area contributed by atoms with Crippen molar-refractivity contribution in [3.63, 3.8) is 0 Å². The summed E-state index contributed by atoms with van der Waals surface area (Å²) in [5.41, 5.74) is 0.740. The number of phenolic OH excluding ortho intramolecular Hbond substituents is 1. The zero-order valence-electron chi connectivity index (χ0n) is 14.5. The Hall–Kier alpha value is -3.03. The number of amides is 1. The first-order valence-electron chi connectivity index (χ1n) is 8.12. The second-order valence-electron chi connectivity index (χ2n) is 5.77. The van der Waals surface area contributed by atoms with Crippen LogP contribution in [0.15, 0.2) is 65.0 Å². The van der Waals surface area contributed by atoms with Crippen LogP contribution in [0.5, 0.6) is 5.75 Å². The van der Waals surface area contributed by atoms with E-state index in [1.165, 1.54) is 17.0 Å². The molecule has 0 atom stereocenters. The fourth-order valence-corrected chi connectivity index (χ4v) is 3.72. The molecule has 6 nitrogen and oxygen atoms in total. The Kier molecular flexibility index (Phi) is 5.87. The van der Waals surface area contributed by atoms with Gasteiger partial charge in [-0.3, -0.25) is 9.69 Å². The number of carboxylic acids is 1. The highest BCUT2D eigenvalue weighted by Crippen LogP contribution is 2.35. The van der Waals surface area contributed by atoms with Gasteiger partial charge in [0.15, 0.2) is 5.17 Å². The summed E-state index contributed by atoms with van der Waals surface area (Å²) >= 11 is 7.12. The summed E-state index contributed by atoms with van der Waals surface area (Å²) in [7, 11) is 0. The number of benzene rings is 2. The summed E-state index contributed by atoms with van der Waals surface area (Å²) < 4.78 is 0. The predicted octanol–water partition coefficient (Wildman–Crippen LogP) is 4.53. The second kappa shape index (κ2) is 8.33. The molecule has 2 aromatic rings. The summed E-state index contributed by atoms with van der Waals surface area (Å²) in [6.07, 6.45) is 3.26. The lowest BCUT2D eigenvalue weighted by Gasteiger charge is -2.13. The maximum absolute atomic E-state index is 12.8. The van der Waals surface area contributed by atoms with E-state index in [4.69, 9.17) is 11.6 Å². The third-order valence-electron chi connectivity index (χ3n) is 3.77. The van der Waals surface area contributed by atoms with Crippen molar-refractivity contribution < 1.29 is 19.8 Å². The van der Waals surface area contributed by atoms with Crippen molar-refractivity contribution in [2.24, 2.45) is 4.99 Å². The number of amidine groups is 1. The average molecular weight is 415 g/mol. The molecule has 0 aromatic heterocycles. The van der Waals surface area contributed by atoms with E-state index >= 15 is 0 Å². The molecule has 0 saturated carbocycles. The quantitative estimate of drug-likeness (QED) is 0.554. The van der Waals surface area contributed by atoms with E-state index in [1.54, 1.807) is 30.4 Å². The molecule has 8 heteroatoms. The third-order valence-corrected chi connectivity index (χ3v) is 5.01. The van der Waals surface area contributed by atoms with Crippen LogP contribution in [0.3, 0.4) is 0 Å². The number of hydrogen-bond donors (Lipinski definition) is 2. The first-order chi connectivity index (χ1) is 13.4. The van der Waals surface area contributed by atoms with Crippen LogP contribution < -0.4 is 0 Å². The summed E-state index contributed by atoms with van der Waals surface area (Å²) in [6.45, 7) is 3.88. The number of nitrogens with zero attached hydrogens (tertiary/aromatic N) is 2. The summed E-state index contributed by atoms with van der Waals surface area (Å²) in [5.74, 6) is -1.67. The lowest BCUT2D eigenvalue weighted by molar-refractivity contribution is -0.121. The van der Waals surface area contributed by atoms with Crippen LogP contribution >= 0.6 is 23.4 Å². The maximum Gasteiger partial charge on any atom is 0.338 e. The first kappa shape index (κ1) is 19.7. The molecule has 1 heterocycles. The molecular formula is C20H15ClN2O4S. The zero-order valence-corrected chi connectivity index (χ0v) is 16.1. The summed E-state index contributed by atoms with van der Waals surface area (Å²) in [6, 6.07) is 10.9. The average Bonchev–Trinajstić information content (AvgIpc) is 2.92. The zero-order chi connectivity index (χ0) is 20.3. The fraction of sp³-hybridized carbons (Fsp3) is 0.0500. The lowest BCUT2D eigenvalue weighted by atomic mass is 10.2. The largest absolute Gasteiger partial charge is 0.508 e. The van der Waals surface area contributed by atoms with Crippen LogP contribution in [0.1, 0.15) is 15.9 Å². The molecule has 2 aromatic carbocycles. The van der Waals surface area contributed by atoms with E-state index in [9.17, 15) is 19.8 Å². The number of hydrogen-bond acceptors (Lipinski definition) is 5. The molecule has 3 rings (SSSR count). The Labute approximate surface area is 170 Å². The van der Waals surface area contributed by atoms with Gasteiger partial charge in [0.25, 0.3) is 5.91 Å². The van der Waals surface area contributed by atoms with Crippen molar-refractivity contribution in [2.45, 2.75) is 0 Å². The van der Waals surface area contributed by atoms with Gasteiger partial charge < -0.3 is 10.2 Å². The highest BCUT2D eigenvalue weighted by Gasteiger charge is 2.33. The monoisotopic (exact) mass is 414 g/mol. The van der Waals surface area contributed by atoms with Gasteiger partial charge in [-0.25, -0.2) is 9.79 Å². The van der Waals surface area contributed by atoms with Gasteiger partial charge in [0.1, 0.15) is 5.75 Å². The Bertz CT molecular complexity index is 1030. The maximum atomic E-state index is 12.8. The standard InChI is InChI=1S/C20H15ClN2O4S/c1-2-8-23-18(25)17(10-12-4-3-5-13(21)9-12)28-20(23)22-16-7-6-14(24)11-15(16)19(26)27/h2-7,9-11,24H,1,8H2,(H,26,27)/b17-10-,22-20?. The van der Waals surface area contributed by atoms with Crippen molar-refractivity contribution >= 4 is 52.2 Å². The van der Waals surface area contributed by atoms with E-state index < -0.39 is 5.97 Å². The van der Waals surface area contributed by atoms with Gasteiger partial charge in [-0.1, -0.05) is 29.8 Å². The van der Waals surface area contributed by atoms with Crippen molar-refractivity contribution in [2.75, 3.05) is 6.54 Å². The normalized spacial score (nSPS) is 16.8. The first-order valence-corrected chi connectivity index (χ1v) is 9.31. The Balaban J connectivity index is 2.03. The number of aromatic carboxylic acids is 1. The van der Waals surface area contributed by atoms with Gasteiger partial charge in [-0.15, -0.1) is 6.58 Å². The van der Waals surface area contributed by atoms with Crippen molar-refractivity contribution in [3.05, 3.63) is 76.2 Å². The van der Waals surface area contributed by atoms with Gasteiger partial charge in [0.05, 0.1) is 16.2 Å². The molecule has 1 amide bonds. The molecule has 1 saturated heterocycles. The molecule has 28 heavy (non-hydrogen) atoms. The van der Waals surface area contributed by atoms with Gasteiger partial charge in [0, 0.05) is 11.6 Å². The van der Waals surface area contributed by atoms with Crippen molar-refractivity contribution in [1.82, 2.24) is 4.90 Å². The number of carbonyl (C=O) groups is 2. The van der Waals surface area contributed by atoms with Crippen LogP contribution in [0, 0.1) is 0 Å². The third kappa shape index (κ3) is 4.27. The van der Waals surface area contributed by atoms with Gasteiger partial charge in [-0.2, -0.15) is 0 Å². The van der Waals surface area contributed by atoms with E-state index in [1.807, 2.05) is 6.07 Å². The minimum absolute atomic E-state index is 0.138. The molecule has 1 fully saturated rings. The predicted molar refractivity (Wildman–Crippen MR) is 111 cm³/mol. The molecule has 0 radical (unpaired) electrons. The molecule has 0 unspecified atom stereocenters. The SMILES string of the molecule is C=CCN1C(=O)/C(=C/c2cccc(Cl)c2)SC1=Nc1ccc(O)cc1C(=O)O. The Morgan fingerprint density at radius 1 is 1.29 bits per heavy atom. The molecule has 2 N–H and O–H groups in total. The van der Waals surface area contributed by atoms with E-state index in [0.717, 1.165) is 23.4 Å². The minimum Gasteiger partial charge on any atom is -0.508 e. The van der Waals surface area contributed by atoms with E-state index in [-0.39, 0.29) is 29.5 Å². The van der Waals surface area contributed by atoms with Crippen LogP contribution in [0.2, 0.25) is 5.02 Å². The number of aromatic hydroxyl groups is 1. The number of rotatable bonds is 5. The number of phenols is 1. The van der Waals surface area contributed by atoms with E-state index in [0.29, 0.717) is 15.1 Å². The molecule has 142 valence electrons. The van der Waals surface area contributed by atoms with E-state index in [2.05, 4.69) is 11.6 Å². The fourth-order valence-electron chi connectivity index (χ4n) is 2.53. The Morgan fingerprint density at radius 3 is 2.75 bits per heavy atom. The molecule has 0 bridgehead atoms. The minimum atomic E-state index is -1.23. The highest BCUT2D eigenvalue weighted by molar-refractivity contribution is 8.18. The van der Waals surface area contributed by atoms with Gasteiger partial charge >= 0.3 is 5.97 Å². The smallest absolute Gasteiger partial charge is 0.338 e. The summed E-state index contributed by atoms with van der Waals surface area (Å²) in [4.78, 5) is 30.4. The molecule has 1 aliphatic rings. The van der Waals surface area contributed by atoms with Gasteiger partial charge in [0.2, 0.25) is 0 Å². The Morgan fingerprint density at radius 2 is 2.07 bits per heavy atom. The number of carboxylic acid groups (broad SMARTS) is 1. The van der Waals surface area contributed by atoms with Crippen LogP contribution in [-0.4, -0.2) is 38.7 Å². The van der Waals surface area contributed by atoms with Crippen LogP contribution in [0.4, 0.5) is 5.69 Å². The molecule has 0 aliphatic carbocycles. The topological polar surface area (TPSA) is 90.2 Å². The van der Waals surface area contributed by atoms with Crippen molar-refractivity contribution in [3.8, 4) is 5.75 Å². The van der Waals surface area contributed by atoms with Crippen molar-refractivity contribution in [1.29, 1.82) is 0 Å². The molecule has 1 aliphatic heterocycles. The van der Waals surface area contributed by atoms with Crippen LogP contribution in [0.25, 0.3) is 6.08 Å². The number of thioether (sulfide) groups is 1. The van der Waals surface area contributed by atoms with Gasteiger partial charge in [-0.05, 0) is 53.7 Å². The molecular weight excluding hydrogens is 400 g/mol.